The van der Waals surface area contributed by atoms with E-state index in [9.17, 15) is 19.2 Å². The van der Waals surface area contributed by atoms with Gasteiger partial charge >= 0.3 is 5.97 Å². The number of rotatable bonds is 7. The van der Waals surface area contributed by atoms with E-state index in [2.05, 4.69) is 0 Å². The summed E-state index contributed by atoms with van der Waals surface area (Å²) in [4.78, 5) is 53.5. The van der Waals surface area contributed by atoms with Crippen LogP contribution >= 0.6 is 0 Å². The molecular weight excluding hydrogens is 446 g/mol. The summed E-state index contributed by atoms with van der Waals surface area (Å²) in [5.74, 6) is -3.12. The lowest BCUT2D eigenvalue weighted by Crippen LogP contribution is -2.30. The van der Waals surface area contributed by atoms with E-state index >= 15 is 0 Å². The fourth-order valence-corrected chi connectivity index (χ4v) is 4.18. The molecule has 7 nitrogen and oxygen atoms in total. The number of amides is 1. The van der Waals surface area contributed by atoms with Crippen LogP contribution in [0.5, 0.6) is 5.75 Å². The predicted molar refractivity (Wildman–Crippen MR) is 129 cm³/mol. The minimum atomic E-state index is -1.22. The van der Waals surface area contributed by atoms with Gasteiger partial charge in [-0.2, -0.15) is 0 Å². The molecule has 3 aromatic carbocycles. The SMILES string of the molecule is COc1ccc(C(=O)C2C(=O)C(=O)N(c3ccc(C(=O)OC(C)C)cc3)C2c2ccccc2)cc1. The standard InChI is InChI=1S/C28H25NO6/c1-17(2)35-28(33)20-9-13-21(14-10-20)29-24(18-7-5-4-6-8-18)23(26(31)27(29)32)25(30)19-11-15-22(34-3)16-12-19/h4-17,23-24H,1-3H3. The van der Waals surface area contributed by atoms with Crippen molar-refractivity contribution in [1.82, 2.24) is 0 Å². The van der Waals surface area contributed by atoms with Crippen molar-refractivity contribution in [3.05, 3.63) is 95.6 Å². The molecular formula is C28H25NO6. The molecule has 1 saturated heterocycles. The first kappa shape index (κ1) is 23.9. The summed E-state index contributed by atoms with van der Waals surface area (Å²) < 4.78 is 10.4. The fourth-order valence-electron chi connectivity index (χ4n) is 4.18. The highest BCUT2D eigenvalue weighted by molar-refractivity contribution is 6.49. The number of benzene rings is 3. The molecule has 35 heavy (non-hydrogen) atoms. The van der Waals surface area contributed by atoms with E-state index < -0.39 is 35.4 Å². The summed E-state index contributed by atoms with van der Waals surface area (Å²) >= 11 is 0. The highest BCUT2D eigenvalue weighted by Crippen LogP contribution is 2.41. The molecule has 0 N–H and O–H groups in total. The molecule has 1 aliphatic rings. The lowest BCUT2D eigenvalue weighted by Gasteiger charge is -2.27. The average molecular weight is 472 g/mol. The van der Waals surface area contributed by atoms with Crippen LogP contribution in [0.2, 0.25) is 0 Å². The van der Waals surface area contributed by atoms with Gasteiger partial charge in [0.25, 0.3) is 5.91 Å². The third kappa shape index (κ3) is 4.71. The minimum Gasteiger partial charge on any atom is -0.497 e. The lowest BCUT2D eigenvalue weighted by molar-refractivity contribution is -0.135. The summed E-state index contributed by atoms with van der Waals surface area (Å²) in [6.45, 7) is 3.51. The van der Waals surface area contributed by atoms with Crippen LogP contribution in [-0.2, 0) is 14.3 Å². The van der Waals surface area contributed by atoms with Crippen LogP contribution in [0.25, 0.3) is 0 Å². The Morgan fingerprint density at radius 2 is 1.43 bits per heavy atom. The molecule has 1 fully saturated rings. The van der Waals surface area contributed by atoms with Crippen LogP contribution in [0.1, 0.15) is 46.2 Å². The van der Waals surface area contributed by atoms with Crippen molar-refractivity contribution in [2.45, 2.75) is 26.0 Å². The number of nitrogens with zero attached hydrogens (tertiary/aromatic N) is 1. The summed E-state index contributed by atoms with van der Waals surface area (Å²) in [5.41, 5.74) is 1.69. The third-order valence-corrected chi connectivity index (χ3v) is 5.83. The predicted octanol–water partition coefficient (Wildman–Crippen LogP) is 4.42. The zero-order valence-electron chi connectivity index (χ0n) is 19.6. The maximum absolute atomic E-state index is 13.5. The van der Waals surface area contributed by atoms with Crippen molar-refractivity contribution in [3.8, 4) is 5.75 Å². The van der Waals surface area contributed by atoms with Crippen LogP contribution in [0.4, 0.5) is 5.69 Å². The highest BCUT2D eigenvalue weighted by Gasteiger charge is 2.52. The molecule has 2 atom stereocenters. The van der Waals surface area contributed by atoms with Crippen LogP contribution in [-0.4, -0.2) is 36.7 Å². The van der Waals surface area contributed by atoms with Gasteiger partial charge in [0, 0.05) is 11.3 Å². The molecule has 3 aromatic rings. The van der Waals surface area contributed by atoms with Crippen LogP contribution < -0.4 is 9.64 Å². The molecule has 1 heterocycles. The van der Waals surface area contributed by atoms with Gasteiger partial charge in [0.1, 0.15) is 11.7 Å². The number of Topliss-reactive ketones (excluding diaryl/α,β-unsaturated/α-hetero) is 2. The topological polar surface area (TPSA) is 90.0 Å². The number of ketones is 2. The Hall–Kier alpha value is -4.26. The number of anilines is 1. The molecule has 0 radical (unpaired) electrons. The molecule has 0 aromatic heterocycles. The number of hydrogen-bond acceptors (Lipinski definition) is 6. The molecule has 0 saturated carbocycles. The van der Waals surface area contributed by atoms with E-state index in [0.29, 0.717) is 28.1 Å². The van der Waals surface area contributed by atoms with Crippen molar-refractivity contribution >= 4 is 29.1 Å². The lowest BCUT2D eigenvalue weighted by atomic mass is 9.86. The van der Waals surface area contributed by atoms with Crippen LogP contribution in [0.3, 0.4) is 0 Å². The van der Waals surface area contributed by atoms with Crippen molar-refractivity contribution in [3.63, 3.8) is 0 Å². The van der Waals surface area contributed by atoms with Gasteiger partial charge in [-0.05, 0) is 67.9 Å². The smallest absolute Gasteiger partial charge is 0.338 e. The van der Waals surface area contributed by atoms with Gasteiger partial charge < -0.3 is 9.47 Å². The molecule has 1 amide bonds. The van der Waals surface area contributed by atoms with Gasteiger partial charge in [-0.25, -0.2) is 4.79 Å². The van der Waals surface area contributed by atoms with Crippen LogP contribution in [0.15, 0.2) is 78.9 Å². The molecule has 1 aliphatic heterocycles. The Morgan fingerprint density at radius 1 is 0.829 bits per heavy atom. The Labute approximate surface area is 203 Å². The van der Waals surface area contributed by atoms with Gasteiger partial charge in [-0.3, -0.25) is 19.3 Å². The van der Waals surface area contributed by atoms with Crippen molar-refractivity contribution < 1.29 is 28.7 Å². The van der Waals surface area contributed by atoms with E-state index in [1.807, 2.05) is 6.07 Å². The molecule has 0 aliphatic carbocycles. The van der Waals surface area contributed by atoms with Crippen LogP contribution in [0, 0.1) is 5.92 Å². The van der Waals surface area contributed by atoms with E-state index in [4.69, 9.17) is 9.47 Å². The zero-order chi connectivity index (χ0) is 25.1. The summed E-state index contributed by atoms with van der Waals surface area (Å²) in [6.07, 6.45) is -0.271. The average Bonchev–Trinajstić information content (AvgIpc) is 3.14. The molecule has 2 unspecified atom stereocenters. The van der Waals surface area contributed by atoms with E-state index in [0.717, 1.165) is 0 Å². The Morgan fingerprint density at radius 3 is 2.00 bits per heavy atom. The van der Waals surface area contributed by atoms with Gasteiger partial charge in [0.05, 0.1) is 24.8 Å². The largest absolute Gasteiger partial charge is 0.497 e. The summed E-state index contributed by atoms with van der Waals surface area (Å²) in [7, 11) is 1.52. The first-order chi connectivity index (χ1) is 16.8. The van der Waals surface area contributed by atoms with Gasteiger partial charge in [-0.15, -0.1) is 0 Å². The van der Waals surface area contributed by atoms with Gasteiger partial charge in [0.15, 0.2) is 5.78 Å². The number of esters is 1. The van der Waals surface area contributed by atoms with Gasteiger partial charge in [-0.1, -0.05) is 30.3 Å². The van der Waals surface area contributed by atoms with Crippen molar-refractivity contribution in [2.75, 3.05) is 12.0 Å². The third-order valence-electron chi connectivity index (χ3n) is 5.83. The van der Waals surface area contributed by atoms with Gasteiger partial charge in [0.2, 0.25) is 5.78 Å². The second-order valence-electron chi connectivity index (χ2n) is 8.47. The molecule has 0 spiro atoms. The fraction of sp³-hybridized carbons (Fsp3) is 0.214. The number of hydrogen-bond donors (Lipinski definition) is 0. The van der Waals surface area contributed by atoms with E-state index in [1.54, 1.807) is 86.6 Å². The number of carbonyl (C=O) groups excluding carboxylic acids is 4. The second-order valence-corrected chi connectivity index (χ2v) is 8.47. The van der Waals surface area contributed by atoms with Crippen molar-refractivity contribution in [2.24, 2.45) is 5.92 Å². The highest BCUT2D eigenvalue weighted by atomic mass is 16.5. The Bertz CT molecular complexity index is 1250. The maximum atomic E-state index is 13.5. The number of carbonyl (C=O) groups is 4. The molecule has 178 valence electrons. The Kier molecular flexibility index (Phi) is 6.78. The first-order valence-electron chi connectivity index (χ1n) is 11.2. The maximum Gasteiger partial charge on any atom is 0.338 e. The Balaban J connectivity index is 1.74. The summed E-state index contributed by atoms with van der Waals surface area (Å²) in [5, 5.41) is 0. The quantitative estimate of drug-likeness (QED) is 0.219. The van der Waals surface area contributed by atoms with Crippen molar-refractivity contribution in [1.29, 1.82) is 0 Å². The zero-order valence-corrected chi connectivity index (χ0v) is 19.6. The second kappa shape index (κ2) is 9.93. The van der Waals surface area contributed by atoms with E-state index in [-0.39, 0.29) is 6.10 Å². The monoisotopic (exact) mass is 471 g/mol. The summed E-state index contributed by atoms with van der Waals surface area (Å²) in [6, 6.07) is 20.8. The molecule has 0 bridgehead atoms. The first-order valence-corrected chi connectivity index (χ1v) is 11.2. The number of methoxy groups -OCH3 is 1. The molecule has 4 rings (SSSR count). The van der Waals surface area contributed by atoms with E-state index in [1.165, 1.54) is 12.0 Å². The molecule has 7 heteroatoms. The normalized spacial score (nSPS) is 17.5. The number of ether oxygens (including phenoxy) is 2. The minimum absolute atomic E-state index is 0.271.